The van der Waals surface area contributed by atoms with E-state index >= 15 is 0 Å². The van der Waals surface area contributed by atoms with E-state index in [1.165, 1.54) is 43.6 Å². The van der Waals surface area contributed by atoms with Crippen LogP contribution >= 0.6 is 0 Å². The lowest BCUT2D eigenvalue weighted by Gasteiger charge is -2.17. The van der Waals surface area contributed by atoms with Crippen LogP contribution in [0.5, 0.6) is 5.75 Å². The standard InChI is InChI=1S/C16H15N7O3/c1-23(15-3-4-19-14(9-18)21-15)16(24)22-13-7-12(26-6-5-25-2)11(8-17)10-20-13/h3-4,7,10H,5-6H2,1-2H3,(H,20,22,24). The first-order valence-electron chi connectivity index (χ1n) is 7.38. The van der Waals surface area contributed by atoms with Crippen molar-refractivity contribution < 1.29 is 14.3 Å². The average Bonchev–Trinajstić information content (AvgIpc) is 2.67. The number of carbonyl (C=O) groups is 1. The van der Waals surface area contributed by atoms with Gasteiger partial charge in [0.2, 0.25) is 5.82 Å². The van der Waals surface area contributed by atoms with Crippen molar-refractivity contribution in [3.8, 4) is 17.9 Å². The fourth-order valence-electron chi connectivity index (χ4n) is 1.83. The zero-order valence-electron chi connectivity index (χ0n) is 14.1. The van der Waals surface area contributed by atoms with Gasteiger partial charge in [-0.15, -0.1) is 0 Å². The quantitative estimate of drug-likeness (QED) is 0.767. The molecule has 2 amide bonds. The van der Waals surface area contributed by atoms with Crippen LogP contribution in [-0.4, -0.2) is 48.4 Å². The molecule has 0 aliphatic carbocycles. The predicted molar refractivity (Wildman–Crippen MR) is 90.5 cm³/mol. The maximum absolute atomic E-state index is 12.3. The number of urea groups is 1. The zero-order chi connectivity index (χ0) is 18.9. The summed E-state index contributed by atoms with van der Waals surface area (Å²) < 4.78 is 10.4. The van der Waals surface area contributed by atoms with Crippen molar-refractivity contribution in [3.05, 3.63) is 35.9 Å². The molecular formula is C16H15N7O3. The van der Waals surface area contributed by atoms with Crippen molar-refractivity contribution >= 4 is 17.7 Å². The molecule has 132 valence electrons. The summed E-state index contributed by atoms with van der Waals surface area (Å²) in [7, 11) is 3.02. The number of ether oxygens (including phenoxy) is 2. The number of aromatic nitrogens is 3. The maximum atomic E-state index is 12.3. The first-order valence-corrected chi connectivity index (χ1v) is 7.38. The highest BCUT2D eigenvalue weighted by molar-refractivity contribution is 6.00. The summed E-state index contributed by atoms with van der Waals surface area (Å²) in [5.74, 6) is 0.681. The number of hydrogen-bond donors (Lipinski definition) is 1. The van der Waals surface area contributed by atoms with Crippen LogP contribution in [0.15, 0.2) is 24.5 Å². The molecule has 0 aliphatic heterocycles. The maximum Gasteiger partial charge on any atom is 0.328 e. The van der Waals surface area contributed by atoms with Gasteiger partial charge in [0.05, 0.1) is 12.8 Å². The number of anilines is 2. The Morgan fingerprint density at radius 2 is 2.12 bits per heavy atom. The molecule has 0 radical (unpaired) electrons. The topological polar surface area (TPSA) is 137 Å². The summed E-state index contributed by atoms with van der Waals surface area (Å²) >= 11 is 0. The monoisotopic (exact) mass is 353 g/mol. The highest BCUT2D eigenvalue weighted by atomic mass is 16.5. The van der Waals surface area contributed by atoms with E-state index in [1.807, 2.05) is 6.07 Å². The molecule has 2 heterocycles. The van der Waals surface area contributed by atoms with Gasteiger partial charge in [0, 0.05) is 26.4 Å². The number of nitrogens with one attached hydrogen (secondary N) is 1. The molecule has 2 rings (SSSR count). The molecule has 10 heteroatoms. The summed E-state index contributed by atoms with van der Waals surface area (Å²) in [6.45, 7) is 0.604. The number of nitriles is 2. The largest absolute Gasteiger partial charge is 0.490 e. The van der Waals surface area contributed by atoms with E-state index in [0.717, 1.165) is 0 Å². The first-order chi connectivity index (χ1) is 12.6. The molecule has 2 aromatic heterocycles. The van der Waals surface area contributed by atoms with Crippen molar-refractivity contribution in [2.45, 2.75) is 0 Å². The molecule has 0 saturated carbocycles. The van der Waals surface area contributed by atoms with Crippen LogP contribution in [0.3, 0.4) is 0 Å². The van der Waals surface area contributed by atoms with Crippen LogP contribution in [0.4, 0.5) is 16.4 Å². The third-order valence-electron chi connectivity index (χ3n) is 3.16. The van der Waals surface area contributed by atoms with E-state index in [2.05, 4.69) is 20.3 Å². The second-order valence-corrected chi connectivity index (χ2v) is 4.86. The Bertz CT molecular complexity index is 873. The van der Waals surface area contributed by atoms with Crippen molar-refractivity contribution in [2.75, 3.05) is 37.6 Å². The molecule has 2 aromatic rings. The van der Waals surface area contributed by atoms with E-state index in [-0.39, 0.29) is 35.4 Å². The zero-order valence-corrected chi connectivity index (χ0v) is 14.1. The normalized spacial score (nSPS) is 9.69. The summed E-state index contributed by atoms with van der Waals surface area (Å²) in [6.07, 6.45) is 2.68. The number of pyridine rings is 1. The van der Waals surface area contributed by atoms with E-state index in [1.54, 1.807) is 6.07 Å². The van der Waals surface area contributed by atoms with Gasteiger partial charge in [0.1, 0.15) is 41.7 Å². The third kappa shape index (κ3) is 4.63. The molecule has 0 bridgehead atoms. The van der Waals surface area contributed by atoms with Crippen molar-refractivity contribution in [1.82, 2.24) is 15.0 Å². The highest BCUT2D eigenvalue weighted by Gasteiger charge is 2.15. The molecule has 26 heavy (non-hydrogen) atoms. The SMILES string of the molecule is COCCOc1cc(NC(=O)N(C)c2ccnc(C#N)n2)ncc1C#N. The Kier molecular flexibility index (Phi) is 6.37. The molecular weight excluding hydrogens is 338 g/mol. The Labute approximate surface area is 149 Å². The molecule has 0 atom stereocenters. The average molecular weight is 353 g/mol. The highest BCUT2D eigenvalue weighted by Crippen LogP contribution is 2.21. The van der Waals surface area contributed by atoms with Gasteiger partial charge >= 0.3 is 6.03 Å². The number of amides is 2. The number of nitrogens with zero attached hydrogens (tertiary/aromatic N) is 6. The molecule has 0 aromatic carbocycles. The van der Waals surface area contributed by atoms with Gasteiger partial charge in [-0.1, -0.05) is 0 Å². The summed E-state index contributed by atoms with van der Waals surface area (Å²) in [5.41, 5.74) is 0.238. The summed E-state index contributed by atoms with van der Waals surface area (Å²) in [4.78, 5) is 25.2. The van der Waals surface area contributed by atoms with Crippen molar-refractivity contribution in [2.24, 2.45) is 0 Å². The fraction of sp³-hybridized carbons (Fsp3) is 0.250. The first kappa shape index (κ1) is 18.6. The Morgan fingerprint density at radius 3 is 2.81 bits per heavy atom. The Balaban J connectivity index is 2.13. The number of methoxy groups -OCH3 is 1. The van der Waals surface area contributed by atoms with Crippen LogP contribution < -0.4 is 15.0 Å². The van der Waals surface area contributed by atoms with E-state index in [4.69, 9.17) is 20.0 Å². The second-order valence-electron chi connectivity index (χ2n) is 4.86. The molecule has 0 aliphatic rings. The summed E-state index contributed by atoms with van der Waals surface area (Å²) in [6, 6.07) is 6.17. The minimum absolute atomic E-state index is 0.0486. The minimum Gasteiger partial charge on any atom is -0.490 e. The smallest absolute Gasteiger partial charge is 0.328 e. The lowest BCUT2D eigenvalue weighted by molar-refractivity contribution is 0.146. The van der Waals surface area contributed by atoms with Crippen molar-refractivity contribution in [3.63, 3.8) is 0 Å². The van der Waals surface area contributed by atoms with Crippen LogP contribution in [0.25, 0.3) is 0 Å². The van der Waals surface area contributed by atoms with Gasteiger partial charge in [-0.05, 0) is 6.07 Å². The summed E-state index contributed by atoms with van der Waals surface area (Å²) in [5, 5.41) is 20.5. The van der Waals surface area contributed by atoms with E-state index < -0.39 is 6.03 Å². The molecule has 0 fully saturated rings. The Hall–Kier alpha value is -3.76. The molecule has 10 nitrogen and oxygen atoms in total. The molecule has 0 saturated heterocycles. The number of hydrogen-bond acceptors (Lipinski definition) is 8. The van der Waals surface area contributed by atoms with E-state index in [0.29, 0.717) is 6.61 Å². The van der Waals surface area contributed by atoms with Crippen LogP contribution in [0, 0.1) is 22.7 Å². The Morgan fingerprint density at radius 1 is 1.31 bits per heavy atom. The fourth-order valence-corrected chi connectivity index (χ4v) is 1.83. The van der Waals surface area contributed by atoms with Gasteiger partial charge in [0.15, 0.2) is 0 Å². The van der Waals surface area contributed by atoms with Gasteiger partial charge in [-0.25, -0.2) is 19.7 Å². The van der Waals surface area contributed by atoms with Gasteiger partial charge < -0.3 is 9.47 Å². The number of rotatable bonds is 6. The molecule has 1 N–H and O–H groups in total. The third-order valence-corrected chi connectivity index (χ3v) is 3.16. The molecule has 0 unspecified atom stereocenters. The van der Waals surface area contributed by atoms with Crippen LogP contribution in [0.2, 0.25) is 0 Å². The lowest BCUT2D eigenvalue weighted by atomic mass is 10.3. The van der Waals surface area contributed by atoms with Crippen LogP contribution in [0.1, 0.15) is 11.4 Å². The predicted octanol–water partition coefficient (Wildman–Crippen LogP) is 1.31. The van der Waals surface area contributed by atoms with Crippen LogP contribution in [-0.2, 0) is 4.74 Å². The minimum atomic E-state index is -0.535. The van der Waals surface area contributed by atoms with Gasteiger partial charge in [0.25, 0.3) is 0 Å². The second kappa shape index (κ2) is 8.92. The number of carbonyl (C=O) groups excluding carboxylic acids is 1. The van der Waals surface area contributed by atoms with Gasteiger partial charge in [-0.2, -0.15) is 10.5 Å². The van der Waals surface area contributed by atoms with E-state index in [9.17, 15) is 4.79 Å². The van der Waals surface area contributed by atoms with Gasteiger partial charge in [-0.3, -0.25) is 10.2 Å². The van der Waals surface area contributed by atoms with Crippen molar-refractivity contribution in [1.29, 1.82) is 10.5 Å². The lowest BCUT2D eigenvalue weighted by Crippen LogP contribution is -2.32. The molecule has 0 spiro atoms.